The van der Waals surface area contributed by atoms with Gasteiger partial charge in [-0.05, 0) is 30.5 Å². The normalized spacial score (nSPS) is 19.4. The molecule has 0 aliphatic heterocycles. The monoisotopic (exact) mass is 289 g/mol. The molecule has 6 heteroatoms. The van der Waals surface area contributed by atoms with Crippen molar-refractivity contribution in [1.29, 1.82) is 0 Å². The summed E-state index contributed by atoms with van der Waals surface area (Å²) < 4.78 is 50.4. The van der Waals surface area contributed by atoms with Crippen molar-refractivity contribution in [2.24, 2.45) is 5.73 Å². The first-order chi connectivity index (χ1) is 8.74. The van der Waals surface area contributed by atoms with E-state index in [0.717, 1.165) is 37.7 Å². The molecule has 0 heterocycles. The summed E-state index contributed by atoms with van der Waals surface area (Å²) in [6.07, 6.45) is 4.98. The molecule has 1 fully saturated rings. The van der Waals surface area contributed by atoms with Crippen molar-refractivity contribution in [2.45, 2.75) is 42.5 Å². The Kier molecular flexibility index (Phi) is 3.66. The Morgan fingerprint density at radius 1 is 1.11 bits per heavy atom. The molecule has 1 aliphatic carbocycles. The molecule has 19 heavy (non-hydrogen) atoms. The number of hydrogen-bond acceptors (Lipinski definition) is 3. The average molecular weight is 289 g/mol. The highest BCUT2D eigenvalue weighted by Gasteiger charge is 2.32. The van der Waals surface area contributed by atoms with Crippen LogP contribution in [-0.4, -0.2) is 14.7 Å². The molecule has 3 nitrogen and oxygen atoms in total. The SMILES string of the molecule is CS(=O)(=O)c1c(F)cc(C2(N)CCCCC2)cc1F. The zero-order valence-corrected chi connectivity index (χ0v) is 11.6. The van der Waals surface area contributed by atoms with Crippen molar-refractivity contribution in [3.63, 3.8) is 0 Å². The summed E-state index contributed by atoms with van der Waals surface area (Å²) in [6.45, 7) is 0. The minimum Gasteiger partial charge on any atom is -0.321 e. The van der Waals surface area contributed by atoms with Crippen molar-refractivity contribution in [2.75, 3.05) is 6.26 Å². The predicted molar refractivity (Wildman–Crippen MR) is 68.4 cm³/mol. The molecule has 106 valence electrons. The summed E-state index contributed by atoms with van der Waals surface area (Å²) in [5.41, 5.74) is 5.78. The van der Waals surface area contributed by atoms with Crippen LogP contribution in [-0.2, 0) is 15.4 Å². The van der Waals surface area contributed by atoms with Gasteiger partial charge in [0, 0.05) is 11.8 Å². The van der Waals surface area contributed by atoms with Crippen molar-refractivity contribution in [1.82, 2.24) is 0 Å². The van der Waals surface area contributed by atoms with Crippen LogP contribution in [0.2, 0.25) is 0 Å². The van der Waals surface area contributed by atoms with Gasteiger partial charge in [0.25, 0.3) is 0 Å². The van der Waals surface area contributed by atoms with Crippen LogP contribution in [0.3, 0.4) is 0 Å². The molecule has 2 rings (SSSR count). The fourth-order valence-electron chi connectivity index (χ4n) is 2.67. The van der Waals surface area contributed by atoms with Gasteiger partial charge in [-0.15, -0.1) is 0 Å². The number of nitrogens with two attached hydrogens (primary N) is 1. The Bertz CT molecular complexity index is 570. The predicted octanol–water partition coefficient (Wildman–Crippen LogP) is 2.49. The smallest absolute Gasteiger partial charge is 0.181 e. The second kappa shape index (κ2) is 4.83. The lowest BCUT2D eigenvalue weighted by molar-refractivity contribution is 0.299. The summed E-state index contributed by atoms with van der Waals surface area (Å²) in [5, 5.41) is 0. The van der Waals surface area contributed by atoms with Crippen molar-refractivity contribution >= 4 is 9.84 Å². The lowest BCUT2D eigenvalue weighted by Gasteiger charge is -2.34. The summed E-state index contributed by atoms with van der Waals surface area (Å²) in [7, 11) is -3.92. The van der Waals surface area contributed by atoms with E-state index in [1.54, 1.807) is 0 Å². The molecule has 1 aromatic rings. The van der Waals surface area contributed by atoms with Crippen molar-refractivity contribution < 1.29 is 17.2 Å². The van der Waals surface area contributed by atoms with Crippen LogP contribution in [0.4, 0.5) is 8.78 Å². The first-order valence-corrected chi connectivity index (χ1v) is 8.12. The molecule has 0 aromatic heterocycles. The van der Waals surface area contributed by atoms with Crippen LogP contribution in [0.15, 0.2) is 17.0 Å². The summed E-state index contributed by atoms with van der Waals surface area (Å²) in [5.74, 6) is -2.12. The van der Waals surface area contributed by atoms with Gasteiger partial charge in [0.1, 0.15) is 16.5 Å². The highest BCUT2D eigenvalue weighted by atomic mass is 32.2. The van der Waals surface area contributed by atoms with Crippen LogP contribution < -0.4 is 5.73 Å². The molecule has 1 aromatic carbocycles. The van der Waals surface area contributed by atoms with Crippen LogP contribution in [0, 0.1) is 11.6 Å². The topological polar surface area (TPSA) is 60.2 Å². The second-order valence-electron chi connectivity index (χ2n) is 5.26. The average Bonchev–Trinajstić information content (AvgIpc) is 2.27. The van der Waals surface area contributed by atoms with Gasteiger partial charge in [0.2, 0.25) is 0 Å². The van der Waals surface area contributed by atoms with Crippen LogP contribution in [0.1, 0.15) is 37.7 Å². The van der Waals surface area contributed by atoms with E-state index < -0.39 is 31.9 Å². The Morgan fingerprint density at radius 2 is 1.58 bits per heavy atom. The Balaban J connectivity index is 2.51. The van der Waals surface area contributed by atoms with Gasteiger partial charge < -0.3 is 5.73 Å². The zero-order chi connectivity index (χ0) is 14.3. The van der Waals surface area contributed by atoms with Gasteiger partial charge in [-0.2, -0.15) is 0 Å². The first kappa shape index (κ1) is 14.4. The summed E-state index contributed by atoms with van der Waals surface area (Å²) in [4.78, 5) is -0.879. The molecule has 0 spiro atoms. The molecule has 0 saturated heterocycles. The fourth-order valence-corrected chi connectivity index (χ4v) is 3.50. The lowest BCUT2D eigenvalue weighted by Crippen LogP contribution is -2.38. The lowest BCUT2D eigenvalue weighted by atomic mass is 9.77. The highest BCUT2D eigenvalue weighted by Crippen LogP contribution is 2.36. The first-order valence-electron chi connectivity index (χ1n) is 6.22. The standard InChI is InChI=1S/C13H17F2NO2S/c1-19(17,18)12-10(14)7-9(8-11(12)15)13(16)5-3-2-4-6-13/h7-8H,2-6,16H2,1H3. The minimum absolute atomic E-state index is 0.342. The molecule has 1 aliphatic rings. The fraction of sp³-hybridized carbons (Fsp3) is 0.538. The Morgan fingerprint density at radius 3 is 2.00 bits per heavy atom. The Hall–Kier alpha value is -1.01. The third-order valence-corrected chi connectivity index (χ3v) is 4.82. The number of benzene rings is 1. The third-order valence-electron chi connectivity index (χ3n) is 3.69. The molecule has 1 saturated carbocycles. The maximum Gasteiger partial charge on any atom is 0.181 e. The van der Waals surface area contributed by atoms with Crippen molar-refractivity contribution in [3.8, 4) is 0 Å². The van der Waals surface area contributed by atoms with E-state index in [0.29, 0.717) is 18.4 Å². The third kappa shape index (κ3) is 2.79. The molecule has 0 bridgehead atoms. The van der Waals surface area contributed by atoms with E-state index in [9.17, 15) is 17.2 Å². The molecule has 0 atom stereocenters. The molecule has 0 radical (unpaired) electrons. The zero-order valence-electron chi connectivity index (χ0n) is 10.7. The van der Waals surface area contributed by atoms with Gasteiger partial charge in [0.15, 0.2) is 9.84 Å². The van der Waals surface area contributed by atoms with Crippen LogP contribution >= 0.6 is 0 Å². The molecule has 0 amide bonds. The molecule has 0 unspecified atom stereocenters. The largest absolute Gasteiger partial charge is 0.321 e. The second-order valence-corrected chi connectivity index (χ2v) is 7.21. The number of rotatable bonds is 2. The number of hydrogen-bond donors (Lipinski definition) is 1. The van der Waals surface area contributed by atoms with E-state index in [4.69, 9.17) is 5.73 Å². The summed E-state index contributed by atoms with van der Waals surface area (Å²) in [6, 6.07) is 2.12. The highest BCUT2D eigenvalue weighted by molar-refractivity contribution is 7.90. The minimum atomic E-state index is -3.92. The maximum atomic E-state index is 13.9. The molecular weight excluding hydrogens is 272 g/mol. The Labute approximate surface area is 111 Å². The van der Waals surface area contributed by atoms with E-state index >= 15 is 0 Å². The van der Waals surface area contributed by atoms with Crippen LogP contribution in [0.5, 0.6) is 0 Å². The van der Waals surface area contributed by atoms with E-state index in [1.165, 1.54) is 0 Å². The van der Waals surface area contributed by atoms with E-state index in [-0.39, 0.29) is 0 Å². The van der Waals surface area contributed by atoms with Gasteiger partial charge in [-0.25, -0.2) is 17.2 Å². The van der Waals surface area contributed by atoms with Gasteiger partial charge in [-0.1, -0.05) is 19.3 Å². The van der Waals surface area contributed by atoms with Gasteiger partial charge in [-0.3, -0.25) is 0 Å². The maximum absolute atomic E-state index is 13.9. The van der Waals surface area contributed by atoms with Crippen molar-refractivity contribution in [3.05, 3.63) is 29.3 Å². The van der Waals surface area contributed by atoms with Gasteiger partial charge in [0.05, 0.1) is 0 Å². The van der Waals surface area contributed by atoms with Gasteiger partial charge >= 0.3 is 0 Å². The van der Waals surface area contributed by atoms with E-state index in [2.05, 4.69) is 0 Å². The quantitative estimate of drug-likeness (QED) is 0.910. The number of sulfone groups is 1. The molecular formula is C13H17F2NO2S. The molecule has 2 N–H and O–H groups in total. The summed E-state index contributed by atoms with van der Waals surface area (Å²) >= 11 is 0. The van der Waals surface area contributed by atoms with Crippen LogP contribution in [0.25, 0.3) is 0 Å². The number of halogens is 2. The van der Waals surface area contributed by atoms with E-state index in [1.807, 2.05) is 0 Å².